The molecule has 1 aliphatic rings. The Morgan fingerprint density at radius 2 is 2.14 bits per heavy atom. The minimum Gasteiger partial charge on any atom is -0.322 e. The second kappa shape index (κ2) is 2.99. The topological polar surface area (TPSA) is 72.7 Å². The van der Waals surface area contributed by atoms with Crippen LogP contribution in [0.2, 0.25) is 0 Å². The molecule has 0 spiro atoms. The molecular formula is C8H8N3O3+. The molecule has 0 atom stereocenters. The van der Waals surface area contributed by atoms with Gasteiger partial charge in [-0.05, 0) is 17.1 Å². The van der Waals surface area contributed by atoms with Crippen molar-refractivity contribution in [3.63, 3.8) is 0 Å². The Morgan fingerprint density at radius 1 is 1.43 bits per heavy atom. The number of nitrogens with zero attached hydrogens (tertiary/aromatic N) is 2. The number of amides is 1. The van der Waals surface area contributed by atoms with Crippen molar-refractivity contribution in [1.29, 1.82) is 0 Å². The highest BCUT2D eigenvalue weighted by molar-refractivity contribution is 6.00. The van der Waals surface area contributed by atoms with E-state index in [1.165, 1.54) is 0 Å². The molecule has 2 N–H and O–H groups in total. The quantitative estimate of drug-likeness (QED) is 0.639. The van der Waals surface area contributed by atoms with Crippen molar-refractivity contribution < 1.29 is 15.0 Å². The van der Waals surface area contributed by atoms with Gasteiger partial charge in [0.25, 0.3) is 5.91 Å². The maximum absolute atomic E-state index is 11.1. The lowest BCUT2D eigenvalue weighted by Gasteiger charge is -2.19. The Labute approximate surface area is 79.2 Å². The fourth-order valence-electron chi connectivity index (χ4n) is 1.37. The summed E-state index contributed by atoms with van der Waals surface area (Å²) in [5.41, 5.74) is 0.989. The van der Waals surface area contributed by atoms with Gasteiger partial charge in [-0.3, -0.25) is 4.79 Å². The van der Waals surface area contributed by atoms with Gasteiger partial charge < -0.3 is 5.32 Å². The third-order valence-electron chi connectivity index (χ3n) is 1.96. The highest BCUT2D eigenvalue weighted by Crippen LogP contribution is 2.28. The van der Waals surface area contributed by atoms with Crippen molar-refractivity contribution >= 4 is 17.3 Å². The molecule has 0 fully saturated rings. The Bertz CT molecular complexity index is 405. The molecule has 0 saturated carbocycles. The van der Waals surface area contributed by atoms with Gasteiger partial charge in [0, 0.05) is 0 Å². The zero-order valence-corrected chi connectivity index (χ0v) is 7.17. The maximum atomic E-state index is 11.1. The van der Waals surface area contributed by atoms with Crippen LogP contribution >= 0.6 is 0 Å². The molecule has 2 rings (SSSR count). The van der Waals surface area contributed by atoms with E-state index < -0.39 is 0 Å². The second-order valence-electron chi connectivity index (χ2n) is 2.88. The lowest BCUT2D eigenvalue weighted by Crippen LogP contribution is -2.42. The van der Waals surface area contributed by atoms with Crippen LogP contribution in [-0.2, 0) is 4.79 Å². The average Bonchev–Trinajstić information content (AvgIpc) is 2.16. The zero-order valence-electron chi connectivity index (χ0n) is 7.17. The highest BCUT2D eigenvalue weighted by Gasteiger charge is 2.32. The third kappa shape index (κ3) is 1.26. The summed E-state index contributed by atoms with van der Waals surface area (Å²) < 4.78 is 0. The Morgan fingerprint density at radius 3 is 2.86 bits per heavy atom. The summed E-state index contributed by atoms with van der Waals surface area (Å²) in [5, 5.41) is 12.0. The first-order chi connectivity index (χ1) is 6.68. The van der Waals surface area contributed by atoms with Crippen LogP contribution in [0, 0.1) is 4.91 Å². The first kappa shape index (κ1) is 8.49. The molecule has 1 aromatic carbocycles. The van der Waals surface area contributed by atoms with Crippen LogP contribution in [0.15, 0.2) is 24.3 Å². The molecular weight excluding hydrogens is 186 g/mol. The summed E-state index contributed by atoms with van der Waals surface area (Å²) in [5.74, 6) is -0.335. The Balaban J connectivity index is 2.48. The molecule has 14 heavy (non-hydrogen) atoms. The summed E-state index contributed by atoms with van der Waals surface area (Å²) in [7, 11) is 0. The number of hydrogen-bond acceptors (Lipinski definition) is 2. The largest absolute Gasteiger partial charge is 0.362 e. The number of nitrogens with one attached hydrogen (secondary N) is 1. The number of hydrazine groups is 1. The molecule has 0 aliphatic carbocycles. The van der Waals surface area contributed by atoms with Crippen molar-refractivity contribution in [2.75, 3.05) is 16.9 Å². The van der Waals surface area contributed by atoms with Crippen LogP contribution in [0.4, 0.5) is 11.4 Å². The molecule has 0 bridgehead atoms. The van der Waals surface area contributed by atoms with Crippen LogP contribution in [-0.4, -0.2) is 22.7 Å². The summed E-state index contributed by atoms with van der Waals surface area (Å²) in [6.07, 6.45) is 0. The van der Waals surface area contributed by atoms with Gasteiger partial charge in [0.15, 0.2) is 6.54 Å². The number of hydrogen-bond donors (Lipinski definition) is 2. The van der Waals surface area contributed by atoms with Crippen LogP contribution in [0.25, 0.3) is 0 Å². The van der Waals surface area contributed by atoms with E-state index in [1.54, 1.807) is 24.3 Å². The standard InChI is InChI=1S/C8H7N3O3/c12-8-5-10(11(13)14)7-4-2-1-3-6(7)9-8/h1-4H,5H2,(H-,9,12,13,14)/p+1. The summed E-state index contributed by atoms with van der Waals surface area (Å²) in [4.78, 5) is 21.8. The van der Waals surface area contributed by atoms with Crippen molar-refractivity contribution in [1.82, 2.24) is 0 Å². The number of carbonyl (C=O) groups excluding carboxylic acids is 1. The van der Waals surface area contributed by atoms with E-state index in [4.69, 9.17) is 5.21 Å². The number of anilines is 2. The monoisotopic (exact) mass is 194 g/mol. The molecule has 72 valence electrons. The molecule has 0 saturated heterocycles. The number of benzene rings is 1. The molecule has 1 heterocycles. The summed E-state index contributed by atoms with van der Waals surface area (Å²) in [6.45, 7) is -0.184. The maximum Gasteiger partial charge on any atom is 0.362 e. The molecule has 1 aliphatic heterocycles. The second-order valence-corrected chi connectivity index (χ2v) is 2.88. The van der Waals surface area contributed by atoms with Gasteiger partial charge in [0.2, 0.25) is 0 Å². The van der Waals surface area contributed by atoms with Gasteiger partial charge >= 0.3 is 5.03 Å². The molecule has 0 aromatic heterocycles. The molecule has 6 heteroatoms. The van der Waals surface area contributed by atoms with Crippen molar-refractivity contribution in [3.8, 4) is 0 Å². The molecule has 6 nitrogen and oxygen atoms in total. The fourth-order valence-corrected chi connectivity index (χ4v) is 1.37. The van der Waals surface area contributed by atoms with E-state index in [0.29, 0.717) is 11.4 Å². The molecule has 1 aromatic rings. The van der Waals surface area contributed by atoms with E-state index in [0.717, 1.165) is 5.01 Å². The van der Waals surface area contributed by atoms with E-state index in [-0.39, 0.29) is 17.5 Å². The van der Waals surface area contributed by atoms with E-state index >= 15 is 0 Å². The van der Waals surface area contributed by atoms with E-state index in [9.17, 15) is 9.70 Å². The van der Waals surface area contributed by atoms with Gasteiger partial charge in [-0.2, -0.15) is 0 Å². The van der Waals surface area contributed by atoms with Crippen LogP contribution in [0.5, 0.6) is 0 Å². The number of carbonyl (C=O) groups is 1. The van der Waals surface area contributed by atoms with Gasteiger partial charge in [-0.15, -0.1) is 0 Å². The highest BCUT2D eigenvalue weighted by atomic mass is 16.7. The normalized spacial score (nSPS) is 14.6. The molecule has 0 radical (unpaired) electrons. The SMILES string of the molecule is O=C1CN([N+](=O)O)c2ccccc2N1. The lowest BCUT2D eigenvalue weighted by molar-refractivity contribution is -0.798. The Kier molecular flexibility index (Phi) is 1.81. The Hall–Kier alpha value is -2.11. The minimum atomic E-state index is -0.336. The number of fused-ring (bicyclic) bond motifs is 1. The zero-order chi connectivity index (χ0) is 10.1. The van der Waals surface area contributed by atoms with E-state index in [1.807, 2.05) is 0 Å². The van der Waals surface area contributed by atoms with Crippen LogP contribution in [0.3, 0.4) is 0 Å². The molecule has 0 unspecified atom stereocenters. The third-order valence-corrected chi connectivity index (χ3v) is 1.96. The average molecular weight is 194 g/mol. The number of para-hydroxylation sites is 2. The van der Waals surface area contributed by atoms with Gasteiger partial charge in [0.1, 0.15) is 10.6 Å². The fraction of sp³-hybridized carbons (Fsp3) is 0.125. The van der Waals surface area contributed by atoms with Crippen molar-refractivity contribution in [3.05, 3.63) is 29.2 Å². The van der Waals surface area contributed by atoms with Crippen molar-refractivity contribution in [2.45, 2.75) is 0 Å². The van der Waals surface area contributed by atoms with Crippen molar-refractivity contribution in [2.24, 2.45) is 0 Å². The van der Waals surface area contributed by atoms with Gasteiger partial charge in [0.05, 0.1) is 5.69 Å². The lowest BCUT2D eigenvalue weighted by atomic mass is 10.2. The van der Waals surface area contributed by atoms with Gasteiger partial charge in [-0.25, -0.2) is 5.21 Å². The number of rotatable bonds is 1. The summed E-state index contributed by atoms with van der Waals surface area (Å²) >= 11 is 0. The summed E-state index contributed by atoms with van der Waals surface area (Å²) in [6, 6.07) is 6.74. The van der Waals surface area contributed by atoms with E-state index in [2.05, 4.69) is 5.32 Å². The van der Waals surface area contributed by atoms with Crippen LogP contribution < -0.4 is 10.3 Å². The first-order valence-corrected chi connectivity index (χ1v) is 4.01. The predicted octanol–water partition coefficient (Wildman–Crippen LogP) is 0.528. The first-order valence-electron chi connectivity index (χ1n) is 4.01. The van der Waals surface area contributed by atoms with Gasteiger partial charge in [-0.1, -0.05) is 12.1 Å². The smallest absolute Gasteiger partial charge is 0.322 e. The minimum absolute atomic E-state index is 0.184. The predicted molar refractivity (Wildman–Crippen MR) is 47.8 cm³/mol. The molecule has 1 amide bonds. The van der Waals surface area contributed by atoms with Crippen LogP contribution in [0.1, 0.15) is 0 Å².